The average Bonchev–Trinajstić information content (AvgIpc) is 2.73. The van der Waals surface area contributed by atoms with Gasteiger partial charge in [-0.25, -0.2) is 0 Å². The molecule has 0 unspecified atom stereocenters. The van der Waals surface area contributed by atoms with Crippen molar-refractivity contribution in [2.24, 2.45) is 0 Å². The van der Waals surface area contributed by atoms with Crippen LogP contribution in [0.3, 0.4) is 0 Å². The Morgan fingerprint density at radius 2 is 1.87 bits per heavy atom. The number of hydrogen-bond donors (Lipinski definition) is 1. The maximum atomic E-state index is 13.1. The monoisotopic (exact) mass is 528 g/mol. The van der Waals surface area contributed by atoms with E-state index in [1.165, 1.54) is 4.90 Å². The topological polar surface area (TPSA) is 58.6 Å². The van der Waals surface area contributed by atoms with Crippen LogP contribution in [0.15, 0.2) is 40.9 Å². The van der Waals surface area contributed by atoms with E-state index < -0.39 is 6.04 Å². The number of carbonyl (C=O) groups excluding carboxylic acids is 2. The largest absolute Gasteiger partial charge is 0.484 e. The van der Waals surface area contributed by atoms with Crippen LogP contribution in [-0.2, 0) is 16.1 Å². The van der Waals surface area contributed by atoms with Gasteiger partial charge in [-0.1, -0.05) is 52.1 Å². The van der Waals surface area contributed by atoms with Crippen LogP contribution >= 0.6 is 39.1 Å². The van der Waals surface area contributed by atoms with Gasteiger partial charge in [0.2, 0.25) is 5.91 Å². The van der Waals surface area contributed by atoms with Gasteiger partial charge in [0.25, 0.3) is 5.91 Å². The van der Waals surface area contributed by atoms with Gasteiger partial charge >= 0.3 is 0 Å². The molecule has 2 aromatic rings. The van der Waals surface area contributed by atoms with Crippen LogP contribution in [0.4, 0.5) is 0 Å². The summed E-state index contributed by atoms with van der Waals surface area (Å²) in [5.41, 5.74) is 1.69. The molecule has 0 bridgehead atoms. The second-order valence-electron chi connectivity index (χ2n) is 7.45. The molecule has 1 N–H and O–H groups in total. The molecule has 0 fully saturated rings. The SMILES string of the molecule is CC[C@H](C)NC(=O)[C@H](C)N(Cc1ccc(Cl)cc1Cl)C(=O)COc1ccc(Br)c(C)c1. The predicted molar refractivity (Wildman–Crippen MR) is 129 cm³/mol. The summed E-state index contributed by atoms with van der Waals surface area (Å²) >= 11 is 15.8. The summed E-state index contributed by atoms with van der Waals surface area (Å²) < 4.78 is 6.66. The zero-order chi connectivity index (χ0) is 23.1. The number of benzene rings is 2. The highest BCUT2D eigenvalue weighted by molar-refractivity contribution is 9.10. The second-order valence-corrected chi connectivity index (χ2v) is 9.15. The van der Waals surface area contributed by atoms with Crippen LogP contribution in [0.1, 0.15) is 38.3 Å². The summed E-state index contributed by atoms with van der Waals surface area (Å²) in [6.45, 7) is 7.50. The Kier molecular flexibility index (Phi) is 9.66. The third kappa shape index (κ3) is 7.41. The molecular weight excluding hydrogens is 503 g/mol. The molecule has 0 aliphatic heterocycles. The third-order valence-corrected chi connectivity index (χ3v) is 6.49. The van der Waals surface area contributed by atoms with Gasteiger partial charge in [-0.3, -0.25) is 9.59 Å². The van der Waals surface area contributed by atoms with E-state index in [1.54, 1.807) is 31.2 Å². The molecule has 31 heavy (non-hydrogen) atoms. The smallest absolute Gasteiger partial charge is 0.261 e. The van der Waals surface area contributed by atoms with Crippen molar-refractivity contribution in [1.29, 1.82) is 0 Å². The van der Waals surface area contributed by atoms with E-state index in [9.17, 15) is 9.59 Å². The minimum Gasteiger partial charge on any atom is -0.484 e. The highest BCUT2D eigenvalue weighted by atomic mass is 79.9. The van der Waals surface area contributed by atoms with Crippen molar-refractivity contribution in [2.75, 3.05) is 6.61 Å². The molecule has 0 aliphatic rings. The molecule has 5 nitrogen and oxygen atoms in total. The molecule has 168 valence electrons. The Bertz CT molecular complexity index is 939. The Labute approximate surface area is 202 Å². The molecule has 2 amide bonds. The first-order valence-corrected chi connectivity index (χ1v) is 11.6. The summed E-state index contributed by atoms with van der Waals surface area (Å²) in [5, 5.41) is 3.87. The summed E-state index contributed by atoms with van der Waals surface area (Å²) in [6.07, 6.45) is 0.793. The maximum Gasteiger partial charge on any atom is 0.261 e. The van der Waals surface area contributed by atoms with Crippen LogP contribution in [0.2, 0.25) is 10.0 Å². The van der Waals surface area contributed by atoms with Crippen molar-refractivity contribution < 1.29 is 14.3 Å². The Balaban J connectivity index is 2.21. The molecule has 2 rings (SSSR count). The minimum atomic E-state index is -0.705. The van der Waals surface area contributed by atoms with E-state index in [0.29, 0.717) is 21.4 Å². The minimum absolute atomic E-state index is 0.00742. The van der Waals surface area contributed by atoms with Crippen LogP contribution in [0, 0.1) is 6.92 Å². The first-order chi connectivity index (χ1) is 14.6. The molecule has 0 aromatic heterocycles. The van der Waals surface area contributed by atoms with E-state index >= 15 is 0 Å². The number of aryl methyl sites for hydroxylation is 1. The lowest BCUT2D eigenvalue weighted by Gasteiger charge is -2.30. The molecule has 0 saturated heterocycles. The Hall–Kier alpha value is -1.76. The maximum absolute atomic E-state index is 13.1. The van der Waals surface area contributed by atoms with E-state index in [2.05, 4.69) is 21.2 Å². The van der Waals surface area contributed by atoms with Gasteiger partial charge < -0.3 is 15.0 Å². The highest BCUT2D eigenvalue weighted by Crippen LogP contribution is 2.24. The number of ether oxygens (including phenoxy) is 1. The number of halogens is 3. The van der Waals surface area contributed by atoms with Crippen molar-refractivity contribution in [3.8, 4) is 5.75 Å². The van der Waals surface area contributed by atoms with Gasteiger partial charge in [-0.2, -0.15) is 0 Å². The van der Waals surface area contributed by atoms with Gasteiger partial charge in [0.1, 0.15) is 11.8 Å². The van der Waals surface area contributed by atoms with Crippen molar-refractivity contribution >= 4 is 50.9 Å². The number of rotatable bonds is 9. The summed E-state index contributed by atoms with van der Waals surface area (Å²) in [4.78, 5) is 27.3. The fourth-order valence-corrected chi connectivity index (χ4v) is 3.53. The number of amides is 2. The zero-order valence-electron chi connectivity index (χ0n) is 18.0. The standard InChI is InChI=1S/C23H27BrCl2N2O3/c1-5-15(3)27-23(30)16(4)28(12-17-6-7-18(25)11-21(17)26)22(29)13-31-19-8-9-20(24)14(2)10-19/h6-11,15-16H,5,12-13H2,1-4H3,(H,27,30)/t15-,16-/m0/s1. The number of nitrogens with zero attached hydrogens (tertiary/aromatic N) is 1. The first kappa shape index (κ1) is 25.5. The number of hydrogen-bond acceptors (Lipinski definition) is 3. The first-order valence-electron chi connectivity index (χ1n) is 10.0. The van der Waals surface area contributed by atoms with Crippen molar-refractivity contribution in [1.82, 2.24) is 10.2 Å². The van der Waals surface area contributed by atoms with Crippen LogP contribution in [-0.4, -0.2) is 35.4 Å². The van der Waals surface area contributed by atoms with Crippen molar-refractivity contribution in [2.45, 2.75) is 52.7 Å². The summed E-state index contributed by atoms with van der Waals surface area (Å²) in [5.74, 6) is 0.0286. The molecule has 0 spiro atoms. The fraction of sp³-hybridized carbons (Fsp3) is 0.391. The van der Waals surface area contributed by atoms with Crippen molar-refractivity contribution in [3.05, 3.63) is 62.0 Å². The molecule has 0 heterocycles. The quantitative estimate of drug-likeness (QED) is 0.448. The summed E-state index contributed by atoms with van der Waals surface area (Å²) in [7, 11) is 0. The van der Waals surface area contributed by atoms with Crippen molar-refractivity contribution in [3.63, 3.8) is 0 Å². The van der Waals surface area contributed by atoms with Gasteiger partial charge in [-0.15, -0.1) is 0 Å². The van der Waals surface area contributed by atoms with Gasteiger partial charge in [0.05, 0.1) is 0 Å². The molecule has 0 aliphatic carbocycles. The van der Waals surface area contributed by atoms with E-state index in [-0.39, 0.29) is 31.0 Å². The molecule has 0 saturated carbocycles. The lowest BCUT2D eigenvalue weighted by Crippen LogP contribution is -2.50. The van der Waals surface area contributed by atoms with Gasteiger partial charge in [0, 0.05) is 27.1 Å². The molecule has 0 radical (unpaired) electrons. The van der Waals surface area contributed by atoms with Gasteiger partial charge in [-0.05, 0) is 68.7 Å². The fourth-order valence-electron chi connectivity index (χ4n) is 2.82. The molecule has 8 heteroatoms. The van der Waals surface area contributed by atoms with Crippen LogP contribution in [0.25, 0.3) is 0 Å². The van der Waals surface area contributed by atoms with E-state index in [4.69, 9.17) is 27.9 Å². The number of nitrogens with one attached hydrogen (secondary N) is 1. The third-order valence-electron chi connectivity index (χ3n) is 5.02. The van der Waals surface area contributed by atoms with Crippen LogP contribution < -0.4 is 10.1 Å². The lowest BCUT2D eigenvalue weighted by atomic mass is 10.1. The predicted octanol–water partition coefficient (Wildman–Crippen LogP) is 5.78. The number of carbonyl (C=O) groups is 2. The second kappa shape index (κ2) is 11.7. The molecule has 2 atom stereocenters. The zero-order valence-corrected chi connectivity index (χ0v) is 21.1. The van der Waals surface area contributed by atoms with Crippen LogP contribution in [0.5, 0.6) is 5.75 Å². The van der Waals surface area contributed by atoms with E-state index in [0.717, 1.165) is 16.5 Å². The Morgan fingerprint density at radius 3 is 2.48 bits per heavy atom. The summed E-state index contributed by atoms with van der Waals surface area (Å²) in [6, 6.07) is 9.87. The van der Waals surface area contributed by atoms with Gasteiger partial charge in [0.15, 0.2) is 6.61 Å². The average molecular weight is 530 g/mol. The Morgan fingerprint density at radius 1 is 1.16 bits per heavy atom. The molecule has 2 aromatic carbocycles. The highest BCUT2D eigenvalue weighted by Gasteiger charge is 2.27. The lowest BCUT2D eigenvalue weighted by molar-refractivity contribution is -0.142. The molecular formula is C23H27BrCl2N2O3. The normalized spacial score (nSPS) is 12.7. The van der Waals surface area contributed by atoms with E-state index in [1.807, 2.05) is 32.9 Å².